The number of hydrazone groups is 1. The van der Waals surface area contributed by atoms with E-state index in [1.165, 1.54) is 11.3 Å². The maximum absolute atomic E-state index is 12.8. The zero-order valence-electron chi connectivity index (χ0n) is 16.0. The van der Waals surface area contributed by atoms with Gasteiger partial charge in [0.1, 0.15) is 10.7 Å². The standard InChI is InChI=1S/C20H22ClN5O2S/c1-2-11-25-19(28)18-15(10-12-29-18)26-16(23-24-20(25)26)4-3-5-17(27)22-14-8-6-13(21)7-9-14/h6-10,12,20,24H,2-5,11H2,1H3,(H,22,27). The van der Waals surface area contributed by atoms with Crippen LogP contribution in [0.4, 0.5) is 11.4 Å². The van der Waals surface area contributed by atoms with Crippen molar-refractivity contribution in [2.24, 2.45) is 5.10 Å². The van der Waals surface area contributed by atoms with Crippen LogP contribution in [0.15, 0.2) is 40.8 Å². The number of fused-ring (bicyclic) bond motifs is 3. The molecule has 7 nitrogen and oxygen atoms in total. The van der Waals surface area contributed by atoms with E-state index in [4.69, 9.17) is 11.6 Å². The third-order valence-electron chi connectivity index (χ3n) is 4.88. The molecule has 3 heterocycles. The first-order chi connectivity index (χ1) is 14.1. The molecule has 2 amide bonds. The smallest absolute Gasteiger partial charge is 0.269 e. The number of carbonyl (C=O) groups is 2. The third-order valence-corrected chi connectivity index (χ3v) is 6.03. The van der Waals surface area contributed by atoms with E-state index in [0.29, 0.717) is 30.8 Å². The van der Waals surface area contributed by atoms with E-state index < -0.39 is 0 Å². The summed E-state index contributed by atoms with van der Waals surface area (Å²) < 4.78 is 0. The van der Waals surface area contributed by atoms with E-state index in [9.17, 15) is 9.59 Å². The molecule has 1 atom stereocenters. The lowest BCUT2D eigenvalue weighted by Gasteiger charge is -2.39. The van der Waals surface area contributed by atoms with Gasteiger partial charge >= 0.3 is 0 Å². The molecule has 2 aliphatic heterocycles. The zero-order valence-corrected chi connectivity index (χ0v) is 17.6. The summed E-state index contributed by atoms with van der Waals surface area (Å²) in [6.45, 7) is 2.72. The Bertz CT molecular complexity index is 943. The zero-order chi connectivity index (χ0) is 20.4. The quantitative estimate of drug-likeness (QED) is 0.692. The lowest BCUT2D eigenvalue weighted by molar-refractivity contribution is -0.116. The van der Waals surface area contributed by atoms with Crippen LogP contribution in [0.25, 0.3) is 0 Å². The molecule has 0 radical (unpaired) electrons. The molecule has 2 aliphatic rings. The summed E-state index contributed by atoms with van der Waals surface area (Å²) in [5.74, 6) is 0.847. The van der Waals surface area contributed by atoms with Gasteiger partial charge in [-0.3, -0.25) is 24.8 Å². The Labute approximate surface area is 178 Å². The predicted molar refractivity (Wildman–Crippen MR) is 116 cm³/mol. The number of nitrogens with zero attached hydrogens (tertiary/aromatic N) is 3. The SMILES string of the molecule is CCCN1C(=O)c2sccc2N2C(CCCC(=O)Nc3ccc(Cl)cc3)=NNC12. The van der Waals surface area contributed by atoms with Crippen LogP contribution in [0.2, 0.25) is 5.02 Å². The first-order valence-electron chi connectivity index (χ1n) is 9.63. The summed E-state index contributed by atoms with van der Waals surface area (Å²) in [6.07, 6.45) is 2.26. The number of hydrogen-bond acceptors (Lipinski definition) is 6. The number of carbonyl (C=O) groups excluding carboxylic acids is 2. The van der Waals surface area contributed by atoms with Crippen molar-refractivity contribution in [2.75, 3.05) is 16.8 Å². The topological polar surface area (TPSA) is 77.0 Å². The fourth-order valence-corrected chi connectivity index (χ4v) is 4.53. The summed E-state index contributed by atoms with van der Waals surface area (Å²) in [4.78, 5) is 29.6. The van der Waals surface area contributed by atoms with Crippen molar-refractivity contribution in [3.63, 3.8) is 0 Å². The van der Waals surface area contributed by atoms with E-state index in [1.807, 2.05) is 16.3 Å². The molecule has 0 saturated carbocycles. The van der Waals surface area contributed by atoms with Gasteiger partial charge in [0.15, 0.2) is 0 Å². The molecule has 0 aliphatic carbocycles. The Morgan fingerprint density at radius 3 is 2.86 bits per heavy atom. The Kier molecular flexibility index (Phi) is 5.73. The van der Waals surface area contributed by atoms with Gasteiger partial charge in [0.05, 0.1) is 5.69 Å². The average molecular weight is 432 g/mol. The lowest BCUT2D eigenvalue weighted by atomic mass is 10.1. The van der Waals surface area contributed by atoms with Gasteiger partial charge in [-0.15, -0.1) is 11.3 Å². The second-order valence-corrected chi connectivity index (χ2v) is 8.30. The van der Waals surface area contributed by atoms with Crippen LogP contribution in [-0.2, 0) is 4.79 Å². The normalized spacial score (nSPS) is 17.5. The number of amides is 2. The van der Waals surface area contributed by atoms with Gasteiger partial charge in [0.25, 0.3) is 5.91 Å². The molecule has 9 heteroatoms. The van der Waals surface area contributed by atoms with Gasteiger partial charge in [0, 0.05) is 30.1 Å². The van der Waals surface area contributed by atoms with Crippen molar-refractivity contribution < 1.29 is 9.59 Å². The second-order valence-electron chi connectivity index (χ2n) is 6.94. The van der Waals surface area contributed by atoms with E-state index in [2.05, 4.69) is 27.7 Å². The number of nitrogens with one attached hydrogen (secondary N) is 2. The highest BCUT2D eigenvalue weighted by Gasteiger charge is 2.42. The highest BCUT2D eigenvalue weighted by atomic mass is 35.5. The Hall–Kier alpha value is -2.58. The molecule has 1 aromatic carbocycles. The monoisotopic (exact) mass is 431 g/mol. The largest absolute Gasteiger partial charge is 0.326 e. The van der Waals surface area contributed by atoms with Crippen LogP contribution >= 0.6 is 22.9 Å². The molecule has 1 unspecified atom stereocenters. The second kappa shape index (κ2) is 8.42. The fourth-order valence-electron chi connectivity index (χ4n) is 3.56. The number of halogens is 1. The Morgan fingerprint density at radius 2 is 2.10 bits per heavy atom. The van der Waals surface area contributed by atoms with Crippen LogP contribution in [0.3, 0.4) is 0 Å². The molecule has 0 bridgehead atoms. The van der Waals surface area contributed by atoms with Crippen LogP contribution in [0.5, 0.6) is 0 Å². The number of benzene rings is 1. The first kappa shape index (κ1) is 19.7. The molecular weight excluding hydrogens is 410 g/mol. The van der Waals surface area contributed by atoms with Gasteiger partial charge in [-0.25, -0.2) is 0 Å². The summed E-state index contributed by atoms with van der Waals surface area (Å²) >= 11 is 7.32. The summed E-state index contributed by atoms with van der Waals surface area (Å²) in [7, 11) is 0. The van der Waals surface area contributed by atoms with E-state index in [1.54, 1.807) is 24.3 Å². The minimum atomic E-state index is -0.289. The highest BCUT2D eigenvalue weighted by Crippen LogP contribution is 2.36. The van der Waals surface area contributed by atoms with E-state index in [-0.39, 0.29) is 18.1 Å². The molecule has 152 valence electrons. The summed E-state index contributed by atoms with van der Waals surface area (Å²) in [5, 5.41) is 9.92. The lowest BCUT2D eigenvalue weighted by Crippen LogP contribution is -2.58. The number of anilines is 2. The summed E-state index contributed by atoms with van der Waals surface area (Å²) in [6, 6.07) is 9.01. The van der Waals surface area contributed by atoms with E-state index >= 15 is 0 Å². The highest BCUT2D eigenvalue weighted by molar-refractivity contribution is 7.12. The average Bonchev–Trinajstić information content (AvgIpc) is 3.34. The van der Waals surface area contributed by atoms with Crippen LogP contribution in [0, 0.1) is 0 Å². The molecule has 0 fully saturated rings. The molecule has 0 spiro atoms. The number of amidine groups is 1. The molecule has 2 N–H and O–H groups in total. The van der Waals surface area contributed by atoms with Gasteiger partial charge in [-0.1, -0.05) is 18.5 Å². The molecule has 1 aromatic heterocycles. The maximum atomic E-state index is 12.8. The van der Waals surface area contributed by atoms with Crippen molar-refractivity contribution in [1.82, 2.24) is 10.3 Å². The molecule has 29 heavy (non-hydrogen) atoms. The minimum absolute atomic E-state index is 0.0457. The van der Waals surface area contributed by atoms with E-state index in [0.717, 1.165) is 28.5 Å². The van der Waals surface area contributed by atoms with Gasteiger partial charge < -0.3 is 5.32 Å². The van der Waals surface area contributed by atoms with Gasteiger partial charge in [-0.05, 0) is 48.6 Å². The van der Waals surface area contributed by atoms with Crippen LogP contribution in [0.1, 0.15) is 42.3 Å². The third kappa shape index (κ3) is 3.95. The number of thiophene rings is 1. The Balaban J connectivity index is 1.38. The number of hydrogen-bond donors (Lipinski definition) is 2. The minimum Gasteiger partial charge on any atom is -0.326 e. The van der Waals surface area contributed by atoms with Crippen LogP contribution < -0.4 is 15.6 Å². The van der Waals surface area contributed by atoms with Crippen molar-refractivity contribution in [3.8, 4) is 0 Å². The van der Waals surface area contributed by atoms with Gasteiger partial charge in [-0.2, -0.15) is 5.10 Å². The van der Waals surface area contributed by atoms with Crippen molar-refractivity contribution in [2.45, 2.75) is 38.9 Å². The van der Waals surface area contributed by atoms with Gasteiger partial charge in [0.2, 0.25) is 12.2 Å². The maximum Gasteiger partial charge on any atom is 0.269 e. The fraction of sp³-hybridized carbons (Fsp3) is 0.350. The molecule has 2 aromatic rings. The molecular formula is C20H22ClN5O2S. The Morgan fingerprint density at radius 1 is 1.31 bits per heavy atom. The number of rotatable bonds is 7. The van der Waals surface area contributed by atoms with Crippen molar-refractivity contribution in [1.29, 1.82) is 0 Å². The first-order valence-corrected chi connectivity index (χ1v) is 10.9. The predicted octanol–water partition coefficient (Wildman–Crippen LogP) is 4.08. The molecule has 4 rings (SSSR count). The van der Waals surface area contributed by atoms with Crippen LogP contribution in [-0.4, -0.2) is 35.4 Å². The molecule has 0 saturated heterocycles. The summed E-state index contributed by atoms with van der Waals surface area (Å²) in [5.41, 5.74) is 4.72. The van der Waals surface area contributed by atoms with Crippen molar-refractivity contribution >= 4 is 52.0 Å². The van der Waals surface area contributed by atoms with Crippen molar-refractivity contribution in [3.05, 3.63) is 45.6 Å².